The number of fused-ring (bicyclic) bond motifs is 1. The molecule has 2 aliphatic heterocycles. The van der Waals surface area contributed by atoms with Crippen LogP contribution in [0.25, 0.3) is 0 Å². The van der Waals surface area contributed by atoms with Gasteiger partial charge in [-0.3, -0.25) is 4.79 Å². The third-order valence-corrected chi connectivity index (χ3v) is 4.37. The Morgan fingerprint density at radius 3 is 2.88 bits per heavy atom. The summed E-state index contributed by atoms with van der Waals surface area (Å²) in [5.41, 5.74) is 1.11. The molecule has 6 nitrogen and oxygen atoms in total. The molecule has 2 atom stereocenters. The molecule has 1 fully saturated rings. The van der Waals surface area contributed by atoms with Crippen LogP contribution < -0.4 is 14.8 Å². The van der Waals surface area contributed by atoms with Crippen LogP contribution in [0, 0.1) is 0 Å². The van der Waals surface area contributed by atoms with E-state index in [2.05, 4.69) is 5.32 Å². The first-order chi connectivity index (χ1) is 12.2. The third kappa shape index (κ3) is 5.61. The number of nitrogens with one attached hydrogen (secondary N) is 1. The molecule has 1 amide bonds. The predicted octanol–water partition coefficient (Wildman–Crippen LogP) is 2.09. The van der Waals surface area contributed by atoms with Crippen molar-refractivity contribution >= 4 is 5.91 Å². The molecule has 1 aromatic rings. The van der Waals surface area contributed by atoms with Gasteiger partial charge in [-0.25, -0.2) is 0 Å². The Kier molecular flexibility index (Phi) is 6.53. The number of ether oxygens (including phenoxy) is 4. The zero-order valence-corrected chi connectivity index (χ0v) is 14.8. The maximum Gasteiger partial charge on any atom is 0.246 e. The Hall–Kier alpha value is -1.79. The Morgan fingerprint density at radius 1 is 1.24 bits per heavy atom. The predicted molar refractivity (Wildman–Crippen MR) is 93.2 cm³/mol. The lowest BCUT2D eigenvalue weighted by atomic mass is 10.1. The second-order valence-corrected chi connectivity index (χ2v) is 6.65. The second-order valence-electron chi connectivity index (χ2n) is 6.65. The van der Waals surface area contributed by atoms with Crippen molar-refractivity contribution in [3.63, 3.8) is 0 Å². The molecule has 0 spiro atoms. The fraction of sp³-hybridized carbons (Fsp3) is 0.632. The summed E-state index contributed by atoms with van der Waals surface area (Å²) in [5, 5.41) is 2.97. The monoisotopic (exact) mass is 349 g/mol. The van der Waals surface area contributed by atoms with E-state index in [1.165, 1.54) is 6.42 Å². The normalized spacial score (nSPS) is 20.8. The second kappa shape index (κ2) is 9.06. The summed E-state index contributed by atoms with van der Waals surface area (Å²) in [5.74, 6) is 1.46. The van der Waals surface area contributed by atoms with E-state index >= 15 is 0 Å². The smallest absolute Gasteiger partial charge is 0.246 e. The van der Waals surface area contributed by atoms with Crippen LogP contribution in [0.15, 0.2) is 18.2 Å². The summed E-state index contributed by atoms with van der Waals surface area (Å²) in [6, 6.07) is 5.93. The average Bonchev–Trinajstić information content (AvgIpc) is 2.62. The molecular weight excluding hydrogens is 322 g/mol. The van der Waals surface area contributed by atoms with Crippen LogP contribution in [0.2, 0.25) is 0 Å². The van der Waals surface area contributed by atoms with Crippen LogP contribution in [-0.4, -0.2) is 51.1 Å². The van der Waals surface area contributed by atoms with Gasteiger partial charge in [0.1, 0.15) is 19.8 Å². The lowest BCUT2D eigenvalue weighted by molar-refractivity contribution is -0.128. The minimum absolute atomic E-state index is 0.0181. The van der Waals surface area contributed by atoms with Gasteiger partial charge in [-0.05, 0) is 50.3 Å². The van der Waals surface area contributed by atoms with Crippen LogP contribution >= 0.6 is 0 Å². The molecule has 0 bridgehead atoms. The van der Waals surface area contributed by atoms with Gasteiger partial charge in [0.25, 0.3) is 0 Å². The van der Waals surface area contributed by atoms with Crippen molar-refractivity contribution in [1.82, 2.24) is 5.32 Å². The van der Waals surface area contributed by atoms with E-state index in [-0.39, 0.29) is 24.7 Å². The maximum absolute atomic E-state index is 12.0. The van der Waals surface area contributed by atoms with Crippen molar-refractivity contribution in [2.45, 2.75) is 44.8 Å². The summed E-state index contributed by atoms with van der Waals surface area (Å²) in [6.07, 6.45) is 4.17. The number of carbonyl (C=O) groups is 1. The molecule has 1 N–H and O–H groups in total. The lowest BCUT2D eigenvalue weighted by Gasteiger charge is -2.22. The van der Waals surface area contributed by atoms with Crippen LogP contribution in [0.4, 0.5) is 0 Å². The SMILES string of the molecule is C[C@H](Cc1ccc2c(c1)OCCO2)NC(=O)COCC1CCCCO1. The molecule has 25 heavy (non-hydrogen) atoms. The van der Waals surface area contributed by atoms with Crippen LogP contribution in [0.1, 0.15) is 31.7 Å². The molecule has 0 aliphatic carbocycles. The maximum atomic E-state index is 12.0. The van der Waals surface area contributed by atoms with Crippen molar-refractivity contribution in [3.8, 4) is 11.5 Å². The summed E-state index contributed by atoms with van der Waals surface area (Å²) >= 11 is 0. The standard InChI is InChI=1S/C19H27NO5/c1-14(10-15-5-6-17-18(11-15)25-9-8-24-17)20-19(21)13-22-12-16-4-2-3-7-23-16/h5-6,11,14,16H,2-4,7-10,12-13H2,1H3,(H,20,21)/t14-,16?/m1/s1. The average molecular weight is 349 g/mol. The van der Waals surface area contributed by atoms with Gasteiger partial charge in [0.15, 0.2) is 11.5 Å². The number of hydrogen-bond acceptors (Lipinski definition) is 5. The molecule has 0 aromatic heterocycles. The van der Waals surface area contributed by atoms with E-state index in [0.717, 1.165) is 42.9 Å². The molecule has 0 saturated carbocycles. The highest BCUT2D eigenvalue weighted by atomic mass is 16.6. The summed E-state index contributed by atoms with van der Waals surface area (Å²) in [4.78, 5) is 12.0. The van der Waals surface area contributed by atoms with Crippen LogP contribution in [-0.2, 0) is 20.7 Å². The quantitative estimate of drug-likeness (QED) is 0.816. The lowest BCUT2D eigenvalue weighted by Crippen LogP contribution is -2.37. The van der Waals surface area contributed by atoms with Gasteiger partial charge < -0.3 is 24.3 Å². The molecule has 3 rings (SSSR count). The summed E-state index contributed by atoms with van der Waals surface area (Å²) in [6.45, 7) is 4.51. The molecule has 2 aliphatic rings. The highest BCUT2D eigenvalue weighted by Crippen LogP contribution is 2.31. The highest BCUT2D eigenvalue weighted by molar-refractivity contribution is 5.77. The van der Waals surface area contributed by atoms with Gasteiger partial charge in [0, 0.05) is 12.6 Å². The molecule has 0 radical (unpaired) electrons. The molecular formula is C19H27NO5. The van der Waals surface area contributed by atoms with E-state index in [1.54, 1.807) is 0 Å². The number of hydrogen-bond donors (Lipinski definition) is 1. The first-order valence-corrected chi connectivity index (χ1v) is 9.08. The van der Waals surface area contributed by atoms with E-state index in [9.17, 15) is 4.79 Å². The molecule has 138 valence electrons. The van der Waals surface area contributed by atoms with Crippen molar-refractivity contribution in [2.75, 3.05) is 33.0 Å². The molecule has 1 unspecified atom stereocenters. The highest BCUT2D eigenvalue weighted by Gasteiger charge is 2.16. The zero-order chi connectivity index (χ0) is 17.5. The van der Waals surface area contributed by atoms with Crippen molar-refractivity contribution in [2.24, 2.45) is 0 Å². The Labute approximate surface area is 148 Å². The number of rotatable bonds is 7. The van der Waals surface area contributed by atoms with Gasteiger partial charge in [0.2, 0.25) is 5.91 Å². The Bertz CT molecular complexity index is 571. The van der Waals surface area contributed by atoms with E-state index in [1.807, 2.05) is 25.1 Å². The van der Waals surface area contributed by atoms with Gasteiger partial charge in [-0.2, -0.15) is 0 Å². The van der Waals surface area contributed by atoms with E-state index in [0.29, 0.717) is 19.8 Å². The first kappa shape index (κ1) is 18.0. The fourth-order valence-corrected chi connectivity index (χ4v) is 3.16. The largest absolute Gasteiger partial charge is 0.486 e. The molecule has 2 heterocycles. The fourth-order valence-electron chi connectivity index (χ4n) is 3.16. The first-order valence-electron chi connectivity index (χ1n) is 9.08. The minimum Gasteiger partial charge on any atom is -0.486 e. The summed E-state index contributed by atoms with van der Waals surface area (Å²) in [7, 11) is 0. The molecule has 1 aromatic carbocycles. The number of carbonyl (C=O) groups excluding carboxylic acids is 1. The molecule has 1 saturated heterocycles. The van der Waals surface area contributed by atoms with Crippen LogP contribution in [0.3, 0.4) is 0 Å². The van der Waals surface area contributed by atoms with E-state index in [4.69, 9.17) is 18.9 Å². The zero-order valence-electron chi connectivity index (χ0n) is 14.8. The summed E-state index contributed by atoms with van der Waals surface area (Å²) < 4.78 is 22.2. The van der Waals surface area contributed by atoms with Gasteiger partial charge >= 0.3 is 0 Å². The molecule has 6 heteroatoms. The van der Waals surface area contributed by atoms with Gasteiger partial charge in [-0.15, -0.1) is 0 Å². The minimum atomic E-state index is -0.0964. The number of amides is 1. The Balaban J connectivity index is 1.38. The van der Waals surface area contributed by atoms with Crippen molar-refractivity contribution in [1.29, 1.82) is 0 Å². The van der Waals surface area contributed by atoms with E-state index < -0.39 is 0 Å². The van der Waals surface area contributed by atoms with Crippen LogP contribution in [0.5, 0.6) is 11.5 Å². The van der Waals surface area contributed by atoms with Crippen molar-refractivity contribution in [3.05, 3.63) is 23.8 Å². The third-order valence-electron chi connectivity index (χ3n) is 4.37. The number of benzene rings is 1. The Morgan fingerprint density at radius 2 is 2.08 bits per heavy atom. The topological polar surface area (TPSA) is 66.0 Å². The van der Waals surface area contributed by atoms with Gasteiger partial charge in [-0.1, -0.05) is 6.07 Å². The van der Waals surface area contributed by atoms with Gasteiger partial charge in [0.05, 0.1) is 12.7 Å². The van der Waals surface area contributed by atoms with Crippen molar-refractivity contribution < 1.29 is 23.7 Å².